The van der Waals surface area contributed by atoms with Crippen molar-refractivity contribution < 1.29 is 22.2 Å². The van der Waals surface area contributed by atoms with Gasteiger partial charge in [0.15, 0.2) is 10.8 Å². The zero-order valence-electron chi connectivity index (χ0n) is 25.1. The number of alkyl halides is 3. The van der Waals surface area contributed by atoms with E-state index in [1.54, 1.807) is 42.3 Å². The van der Waals surface area contributed by atoms with E-state index < -0.39 is 16.3 Å². The zero-order chi connectivity index (χ0) is 33.0. The minimum absolute atomic E-state index is 0.0956. The summed E-state index contributed by atoms with van der Waals surface area (Å²) in [5, 5.41) is 12.0. The van der Waals surface area contributed by atoms with Gasteiger partial charge in [-0.1, -0.05) is 71.7 Å². The summed E-state index contributed by atoms with van der Waals surface area (Å²) in [7, 11) is -1.33. The van der Waals surface area contributed by atoms with E-state index in [0.29, 0.717) is 72.2 Å². The van der Waals surface area contributed by atoms with Crippen molar-refractivity contribution in [1.29, 1.82) is 5.26 Å². The van der Waals surface area contributed by atoms with Crippen LogP contribution in [0.25, 0.3) is 10.8 Å². The average Bonchev–Trinajstić information content (AvgIpc) is 3.06. The highest BCUT2D eigenvalue weighted by Gasteiger charge is 2.40. The van der Waals surface area contributed by atoms with Crippen LogP contribution in [0.5, 0.6) is 0 Å². The largest absolute Gasteiger partial charge is 0.475 e. The van der Waals surface area contributed by atoms with E-state index in [1.807, 2.05) is 36.4 Å². The van der Waals surface area contributed by atoms with Gasteiger partial charge in [-0.05, 0) is 97.0 Å². The molecule has 1 heterocycles. The first-order valence-corrected chi connectivity index (χ1v) is 16.8. The van der Waals surface area contributed by atoms with Crippen LogP contribution in [0.1, 0.15) is 58.1 Å². The molecule has 0 saturated carbocycles. The molecule has 0 bridgehead atoms. The molecule has 1 amide bonds. The van der Waals surface area contributed by atoms with Crippen molar-refractivity contribution in [2.24, 2.45) is 0 Å². The molecule has 4 aromatic carbocycles. The molecule has 240 valence electrons. The van der Waals surface area contributed by atoms with E-state index in [-0.39, 0.29) is 22.6 Å². The van der Waals surface area contributed by atoms with Gasteiger partial charge in [-0.3, -0.25) is 4.79 Å². The van der Waals surface area contributed by atoms with Crippen LogP contribution in [0.3, 0.4) is 0 Å². The van der Waals surface area contributed by atoms with Crippen molar-refractivity contribution in [2.45, 2.75) is 41.5 Å². The predicted molar refractivity (Wildman–Crippen MR) is 177 cm³/mol. The molecule has 1 aliphatic heterocycles. The van der Waals surface area contributed by atoms with Gasteiger partial charge in [0.2, 0.25) is 0 Å². The lowest BCUT2D eigenvalue weighted by molar-refractivity contribution is -0.0385. The molecule has 0 N–H and O–H groups in total. The summed E-state index contributed by atoms with van der Waals surface area (Å²) in [5.41, 5.74) is -2.51. The Kier molecular flexibility index (Phi) is 10.7. The molecule has 0 spiro atoms. The Labute approximate surface area is 279 Å². The maximum Gasteiger partial charge on any atom is 0.475 e. The van der Waals surface area contributed by atoms with Crippen molar-refractivity contribution >= 4 is 50.7 Å². The van der Waals surface area contributed by atoms with Crippen LogP contribution in [0.4, 0.5) is 13.2 Å². The fourth-order valence-electron chi connectivity index (χ4n) is 6.22. The fourth-order valence-corrected chi connectivity index (χ4v) is 7.43. The highest BCUT2D eigenvalue weighted by atomic mass is 35.5. The number of likely N-dealkylation sites (tertiary alicyclic amines) is 1. The van der Waals surface area contributed by atoms with Gasteiger partial charge < -0.3 is 9.80 Å². The second-order valence-electron chi connectivity index (χ2n) is 11.6. The number of fused-ring (bicyclic) bond motifs is 1. The Hall–Kier alpha value is -3.42. The van der Waals surface area contributed by atoms with Crippen molar-refractivity contribution in [3.63, 3.8) is 0 Å². The van der Waals surface area contributed by atoms with E-state index in [4.69, 9.17) is 23.2 Å². The van der Waals surface area contributed by atoms with Crippen molar-refractivity contribution in [3.8, 4) is 6.07 Å². The lowest BCUT2D eigenvalue weighted by Gasteiger charge is -2.34. The molecule has 5 nitrogen and oxygen atoms in total. The summed E-state index contributed by atoms with van der Waals surface area (Å²) >= 11 is 12.6. The van der Waals surface area contributed by atoms with Crippen molar-refractivity contribution in [3.05, 3.63) is 111 Å². The topological polar surface area (TPSA) is 64.4 Å². The molecule has 0 aliphatic carbocycles. The minimum Gasteiger partial charge on any atom is -0.341 e. The molecule has 0 radical (unpaired) electrons. The third kappa shape index (κ3) is 7.75. The molecule has 4 aromatic rings. The molecule has 1 fully saturated rings. The number of carbonyl (C=O) groups excluding carboxylic acids is 1. The predicted octanol–water partition coefficient (Wildman–Crippen LogP) is 8.77. The summed E-state index contributed by atoms with van der Waals surface area (Å²) in [5.74, 6) is -0.414. The number of carbonyl (C=O) groups is 1. The van der Waals surface area contributed by atoms with Gasteiger partial charge in [0.25, 0.3) is 5.91 Å². The molecule has 2 atom stereocenters. The second kappa shape index (κ2) is 14.6. The van der Waals surface area contributed by atoms with Gasteiger partial charge in [0, 0.05) is 25.1 Å². The number of nitrogens with zero attached hydrogens (tertiary/aromatic N) is 3. The maximum atomic E-state index is 13.8. The lowest BCUT2D eigenvalue weighted by atomic mass is 9.88. The first-order valence-electron chi connectivity index (χ1n) is 14.9. The van der Waals surface area contributed by atoms with Gasteiger partial charge in [0.05, 0.1) is 26.6 Å². The Balaban J connectivity index is 1.30. The average molecular weight is 687 g/mol. The molecular formula is C35H32Cl2F3N3O2S. The molecule has 46 heavy (non-hydrogen) atoms. The number of likely N-dealkylation sites (N-methyl/N-ethyl adjacent to an activating group) is 1. The number of rotatable bonds is 9. The van der Waals surface area contributed by atoms with Gasteiger partial charge in [-0.2, -0.15) is 18.4 Å². The van der Waals surface area contributed by atoms with E-state index in [1.165, 1.54) is 12.1 Å². The second-order valence-corrected chi connectivity index (χ2v) is 13.8. The van der Waals surface area contributed by atoms with Crippen LogP contribution >= 0.6 is 23.2 Å². The van der Waals surface area contributed by atoms with Crippen LogP contribution in [-0.4, -0.2) is 58.7 Å². The third-order valence-corrected chi connectivity index (χ3v) is 10.6. The Morgan fingerprint density at radius 3 is 2.41 bits per heavy atom. The summed E-state index contributed by atoms with van der Waals surface area (Å²) < 4.78 is 52.0. The first-order chi connectivity index (χ1) is 22.0. The Morgan fingerprint density at radius 1 is 1.02 bits per heavy atom. The van der Waals surface area contributed by atoms with Crippen molar-refractivity contribution in [2.75, 3.05) is 33.2 Å². The van der Waals surface area contributed by atoms with E-state index in [9.17, 15) is 27.4 Å². The molecule has 1 aliphatic rings. The number of nitriles is 1. The summed E-state index contributed by atoms with van der Waals surface area (Å²) in [4.78, 5) is 17.6. The molecule has 2 unspecified atom stereocenters. The van der Waals surface area contributed by atoms with Gasteiger partial charge in [-0.25, -0.2) is 4.21 Å². The highest BCUT2D eigenvalue weighted by molar-refractivity contribution is 7.86. The Morgan fingerprint density at radius 2 is 1.72 bits per heavy atom. The van der Waals surface area contributed by atoms with Crippen LogP contribution in [0, 0.1) is 11.3 Å². The van der Waals surface area contributed by atoms with Crippen LogP contribution in [0.2, 0.25) is 10.0 Å². The molecule has 11 heteroatoms. The highest BCUT2D eigenvalue weighted by Crippen LogP contribution is 2.36. The first kappa shape index (κ1) is 33.9. The summed E-state index contributed by atoms with van der Waals surface area (Å²) in [6, 6.07) is 24.6. The third-order valence-electron chi connectivity index (χ3n) is 8.63. The fraction of sp³-hybridized carbons (Fsp3) is 0.314. The van der Waals surface area contributed by atoms with Gasteiger partial charge >= 0.3 is 5.51 Å². The molecule has 5 rings (SSSR count). The van der Waals surface area contributed by atoms with Gasteiger partial charge in [-0.15, -0.1) is 0 Å². The summed E-state index contributed by atoms with van der Waals surface area (Å²) in [6.45, 7) is 2.43. The van der Waals surface area contributed by atoms with Crippen LogP contribution in [-0.2, 0) is 10.8 Å². The number of hydrogen-bond acceptors (Lipinski definition) is 4. The van der Waals surface area contributed by atoms with E-state index >= 15 is 0 Å². The van der Waals surface area contributed by atoms with Crippen LogP contribution < -0.4 is 0 Å². The zero-order valence-corrected chi connectivity index (χ0v) is 27.4. The number of piperidine rings is 1. The maximum absolute atomic E-state index is 13.8. The summed E-state index contributed by atoms with van der Waals surface area (Å²) in [6.07, 6.45) is 1.97. The number of amides is 1. The van der Waals surface area contributed by atoms with E-state index in [0.717, 1.165) is 16.3 Å². The molecular weight excluding hydrogens is 654 g/mol. The van der Waals surface area contributed by atoms with E-state index in [2.05, 4.69) is 11.0 Å². The molecule has 0 aromatic heterocycles. The molecule has 1 saturated heterocycles. The monoisotopic (exact) mass is 685 g/mol. The SMILES string of the molecule is CN(CC(CCN1CCC(c2ccccc2S(=O)C(F)(F)F)CC1)c1ccc(Cl)c(Cl)c1)C(=O)c1cc(C#N)cc2ccccc12. The van der Waals surface area contributed by atoms with Crippen LogP contribution in [0.15, 0.2) is 83.8 Å². The number of benzene rings is 4. The van der Waals surface area contributed by atoms with Gasteiger partial charge in [0.1, 0.15) is 0 Å². The van der Waals surface area contributed by atoms with Crippen molar-refractivity contribution in [1.82, 2.24) is 9.80 Å². The lowest BCUT2D eigenvalue weighted by Crippen LogP contribution is -2.36. The quantitative estimate of drug-likeness (QED) is 0.177. The minimum atomic E-state index is -4.81. The smallest absolute Gasteiger partial charge is 0.341 e. The Bertz CT molecular complexity index is 1800. The number of halogens is 5. The normalized spacial score (nSPS) is 15.8. The standard InChI is InChI=1S/C35H32Cl2F3N3O2S/c1-42(34(44)30-19-23(21-41)18-26-6-2-3-7-28(26)30)22-27(25-10-11-31(36)32(37)20-25)14-17-43-15-12-24(13-16-43)29-8-4-5-9-33(29)46(45)35(38,39)40/h2-11,18-20,24,27H,12-17,22H2,1H3. The number of hydrogen-bond donors (Lipinski definition) is 0.